The molecule has 0 aliphatic carbocycles. The van der Waals surface area contributed by atoms with Crippen molar-refractivity contribution in [1.29, 1.82) is 0 Å². The van der Waals surface area contributed by atoms with Crippen LogP contribution in [0.1, 0.15) is 34.7 Å². The summed E-state index contributed by atoms with van der Waals surface area (Å²) in [5.41, 5.74) is 3.65. The Morgan fingerprint density at radius 3 is 2.82 bits per heavy atom. The Morgan fingerprint density at radius 1 is 1.41 bits per heavy atom. The minimum Gasteiger partial charge on any atom is -0.309 e. The molecule has 0 aliphatic rings. The normalized spacial score (nSPS) is 12.6. The number of aryl methyl sites for hydroxylation is 2. The van der Waals surface area contributed by atoms with Gasteiger partial charge >= 0.3 is 0 Å². The number of nitrogens with zero attached hydrogens (tertiary/aromatic N) is 2. The van der Waals surface area contributed by atoms with Crippen molar-refractivity contribution in [1.82, 2.24) is 14.9 Å². The summed E-state index contributed by atoms with van der Waals surface area (Å²) in [6.07, 6.45) is 1.06. The first-order valence-corrected chi connectivity index (χ1v) is 6.58. The number of rotatable bonds is 4. The van der Waals surface area contributed by atoms with E-state index in [1.807, 2.05) is 14.0 Å². The second kappa shape index (κ2) is 5.38. The molecule has 0 fully saturated rings. The van der Waals surface area contributed by atoms with Gasteiger partial charge in [-0.05, 0) is 43.1 Å². The van der Waals surface area contributed by atoms with Gasteiger partial charge in [-0.25, -0.2) is 0 Å². The molecular formula is C13H17N3S. The minimum atomic E-state index is 0.196. The van der Waals surface area contributed by atoms with E-state index in [0.717, 1.165) is 12.1 Å². The maximum Gasteiger partial charge on any atom is 0.0776 e. The predicted octanol–water partition coefficient (Wildman–Crippen LogP) is 2.72. The maximum atomic E-state index is 4.08. The van der Waals surface area contributed by atoms with E-state index in [-0.39, 0.29) is 6.04 Å². The molecule has 17 heavy (non-hydrogen) atoms. The SMILES string of the molecule is CCc1cccc(C(NC)c2snnc2C)c1. The van der Waals surface area contributed by atoms with Crippen LogP contribution in [0.4, 0.5) is 0 Å². The summed E-state index contributed by atoms with van der Waals surface area (Å²) in [5.74, 6) is 0. The molecule has 2 aromatic rings. The predicted molar refractivity (Wildman–Crippen MR) is 71.4 cm³/mol. The minimum absolute atomic E-state index is 0.196. The van der Waals surface area contributed by atoms with Crippen molar-refractivity contribution in [2.24, 2.45) is 0 Å². The molecule has 0 spiro atoms. The van der Waals surface area contributed by atoms with E-state index < -0.39 is 0 Å². The third-order valence-electron chi connectivity index (χ3n) is 2.93. The number of hydrogen-bond acceptors (Lipinski definition) is 4. The molecule has 0 bridgehead atoms. The summed E-state index contributed by atoms with van der Waals surface area (Å²) in [6.45, 7) is 4.18. The summed E-state index contributed by atoms with van der Waals surface area (Å²) in [6, 6.07) is 8.87. The lowest BCUT2D eigenvalue weighted by Crippen LogP contribution is -2.17. The topological polar surface area (TPSA) is 37.8 Å². The van der Waals surface area contributed by atoms with E-state index >= 15 is 0 Å². The van der Waals surface area contributed by atoms with Gasteiger partial charge in [0.05, 0.1) is 16.6 Å². The van der Waals surface area contributed by atoms with Gasteiger partial charge in [-0.15, -0.1) is 5.10 Å². The fourth-order valence-corrected chi connectivity index (χ4v) is 2.73. The zero-order valence-corrected chi connectivity index (χ0v) is 11.2. The van der Waals surface area contributed by atoms with E-state index in [0.29, 0.717) is 0 Å². The molecular weight excluding hydrogens is 230 g/mol. The zero-order chi connectivity index (χ0) is 12.3. The molecule has 90 valence electrons. The molecule has 1 aromatic carbocycles. The van der Waals surface area contributed by atoms with Gasteiger partial charge in [-0.2, -0.15) is 0 Å². The summed E-state index contributed by atoms with van der Waals surface area (Å²) in [7, 11) is 1.97. The van der Waals surface area contributed by atoms with Crippen molar-refractivity contribution < 1.29 is 0 Å². The van der Waals surface area contributed by atoms with Crippen molar-refractivity contribution in [2.75, 3.05) is 7.05 Å². The van der Waals surface area contributed by atoms with Crippen LogP contribution in [0, 0.1) is 6.92 Å². The lowest BCUT2D eigenvalue weighted by Gasteiger charge is -2.15. The standard InChI is InChI=1S/C13H17N3S/c1-4-10-6-5-7-11(8-10)12(14-3)13-9(2)15-16-17-13/h5-8,12,14H,4H2,1-3H3. The molecule has 0 saturated carbocycles. The molecule has 0 radical (unpaired) electrons. The molecule has 1 aromatic heterocycles. The fraction of sp³-hybridized carbons (Fsp3) is 0.385. The highest BCUT2D eigenvalue weighted by Gasteiger charge is 2.17. The molecule has 2 rings (SSSR count). The fourth-order valence-electron chi connectivity index (χ4n) is 1.94. The first-order valence-electron chi connectivity index (χ1n) is 5.81. The summed E-state index contributed by atoms with van der Waals surface area (Å²) < 4.78 is 4.01. The van der Waals surface area contributed by atoms with Gasteiger partial charge < -0.3 is 5.32 Å². The third-order valence-corrected chi connectivity index (χ3v) is 3.82. The van der Waals surface area contributed by atoms with Gasteiger partial charge in [0.1, 0.15) is 0 Å². The first-order chi connectivity index (χ1) is 8.26. The number of nitrogens with one attached hydrogen (secondary N) is 1. The summed E-state index contributed by atoms with van der Waals surface area (Å²) in [5, 5.41) is 7.43. The van der Waals surface area contributed by atoms with Gasteiger partial charge in [-0.3, -0.25) is 0 Å². The molecule has 1 N–H and O–H groups in total. The van der Waals surface area contributed by atoms with Crippen molar-refractivity contribution in [2.45, 2.75) is 26.3 Å². The summed E-state index contributed by atoms with van der Waals surface area (Å²) >= 11 is 1.47. The second-order valence-corrected chi connectivity index (χ2v) is 4.83. The highest BCUT2D eigenvalue weighted by Crippen LogP contribution is 2.26. The van der Waals surface area contributed by atoms with Gasteiger partial charge in [0, 0.05) is 0 Å². The maximum absolute atomic E-state index is 4.08. The average molecular weight is 247 g/mol. The van der Waals surface area contributed by atoms with Crippen LogP contribution in [0.2, 0.25) is 0 Å². The Morgan fingerprint density at radius 2 is 2.24 bits per heavy atom. The first kappa shape index (κ1) is 12.2. The number of aromatic nitrogens is 2. The van der Waals surface area contributed by atoms with Gasteiger partial charge in [0.2, 0.25) is 0 Å². The van der Waals surface area contributed by atoms with Crippen molar-refractivity contribution in [3.63, 3.8) is 0 Å². The van der Waals surface area contributed by atoms with Crippen LogP contribution in [0.5, 0.6) is 0 Å². The lowest BCUT2D eigenvalue weighted by molar-refractivity contribution is 0.696. The number of hydrogen-bond donors (Lipinski definition) is 1. The van der Waals surface area contributed by atoms with E-state index in [9.17, 15) is 0 Å². The van der Waals surface area contributed by atoms with E-state index in [1.165, 1.54) is 27.5 Å². The van der Waals surface area contributed by atoms with Crippen molar-refractivity contribution in [3.8, 4) is 0 Å². The van der Waals surface area contributed by atoms with Gasteiger partial charge in [0.15, 0.2) is 0 Å². The average Bonchev–Trinajstić information content (AvgIpc) is 2.77. The Bertz CT molecular complexity index is 493. The lowest BCUT2D eigenvalue weighted by atomic mass is 10.0. The molecule has 0 aliphatic heterocycles. The van der Waals surface area contributed by atoms with E-state index in [4.69, 9.17) is 0 Å². The molecule has 1 unspecified atom stereocenters. The van der Waals surface area contributed by atoms with Crippen LogP contribution < -0.4 is 5.32 Å². The Labute approximate surface area is 106 Å². The number of benzene rings is 1. The molecule has 3 nitrogen and oxygen atoms in total. The highest BCUT2D eigenvalue weighted by atomic mass is 32.1. The zero-order valence-electron chi connectivity index (χ0n) is 10.4. The van der Waals surface area contributed by atoms with Crippen LogP contribution in [-0.4, -0.2) is 16.6 Å². The Hall–Kier alpha value is -1.26. The third kappa shape index (κ3) is 2.53. The van der Waals surface area contributed by atoms with Gasteiger partial charge in [-0.1, -0.05) is 35.7 Å². The quantitative estimate of drug-likeness (QED) is 0.902. The van der Waals surface area contributed by atoms with Crippen LogP contribution in [0.25, 0.3) is 0 Å². The molecule has 1 heterocycles. The molecule has 1 atom stereocenters. The van der Waals surface area contributed by atoms with E-state index in [2.05, 4.69) is 46.1 Å². The Kier molecular flexibility index (Phi) is 3.86. The van der Waals surface area contributed by atoms with Crippen molar-refractivity contribution in [3.05, 3.63) is 46.0 Å². The molecule has 4 heteroatoms. The highest BCUT2D eigenvalue weighted by molar-refractivity contribution is 7.05. The monoisotopic (exact) mass is 247 g/mol. The second-order valence-electron chi connectivity index (χ2n) is 4.04. The van der Waals surface area contributed by atoms with Crippen LogP contribution in [0.15, 0.2) is 24.3 Å². The Balaban J connectivity index is 2.38. The molecule has 0 amide bonds. The van der Waals surface area contributed by atoms with Crippen LogP contribution >= 0.6 is 11.5 Å². The van der Waals surface area contributed by atoms with Crippen LogP contribution in [-0.2, 0) is 6.42 Å². The van der Waals surface area contributed by atoms with Crippen LogP contribution in [0.3, 0.4) is 0 Å². The van der Waals surface area contributed by atoms with Crippen molar-refractivity contribution >= 4 is 11.5 Å². The largest absolute Gasteiger partial charge is 0.309 e. The molecule has 0 saturated heterocycles. The van der Waals surface area contributed by atoms with E-state index in [1.54, 1.807) is 0 Å². The summed E-state index contributed by atoms with van der Waals surface area (Å²) in [4.78, 5) is 1.20. The van der Waals surface area contributed by atoms with Gasteiger partial charge in [0.25, 0.3) is 0 Å². The smallest absolute Gasteiger partial charge is 0.0776 e.